The summed E-state index contributed by atoms with van der Waals surface area (Å²) in [4.78, 5) is 0. The molecule has 2 fully saturated rings. The fourth-order valence-corrected chi connectivity index (χ4v) is 3.36. The highest BCUT2D eigenvalue weighted by molar-refractivity contribution is 5.02. The molecule has 0 bridgehead atoms. The van der Waals surface area contributed by atoms with Crippen LogP contribution in [0.1, 0.15) is 26.2 Å². The molecule has 166 valence electrons. The summed E-state index contributed by atoms with van der Waals surface area (Å²) in [5, 5.41) is 89.9. The third kappa shape index (κ3) is 4.19. The average Bonchev–Trinajstić information content (AvgIpc) is 2.67. The molecule has 2 heterocycles. The Morgan fingerprint density at radius 3 is 2.04 bits per heavy atom. The van der Waals surface area contributed by atoms with Crippen molar-refractivity contribution in [1.82, 2.24) is 0 Å². The zero-order valence-corrected chi connectivity index (χ0v) is 15.4. The van der Waals surface area contributed by atoms with E-state index in [-0.39, 0.29) is 6.42 Å². The van der Waals surface area contributed by atoms with Gasteiger partial charge in [-0.15, -0.1) is 0 Å². The number of unbranched alkanes of at least 4 members (excludes halogenated alkanes) is 1. The Labute approximate surface area is 161 Å². The van der Waals surface area contributed by atoms with Gasteiger partial charge in [-0.3, -0.25) is 0 Å². The minimum absolute atomic E-state index is 0.253. The molecule has 0 saturated carbocycles. The van der Waals surface area contributed by atoms with E-state index in [1.807, 2.05) is 0 Å². The highest BCUT2D eigenvalue weighted by Gasteiger charge is 2.64. The quantitative estimate of drug-likeness (QED) is 0.180. The van der Waals surface area contributed by atoms with Crippen LogP contribution in [0, 0.1) is 0 Å². The van der Waals surface area contributed by atoms with Crippen LogP contribution in [0.4, 0.5) is 0 Å². The van der Waals surface area contributed by atoms with E-state index in [0.29, 0.717) is 12.8 Å². The molecule has 12 heteroatoms. The molecule has 0 aliphatic carbocycles. The predicted octanol–water partition coefficient (Wildman–Crippen LogP) is -4.52. The maximum Gasteiger partial charge on any atom is 0.248 e. The molecule has 0 spiro atoms. The highest BCUT2D eigenvalue weighted by atomic mass is 16.7. The predicted molar refractivity (Wildman–Crippen MR) is 88.2 cm³/mol. The molecule has 2 aliphatic heterocycles. The van der Waals surface area contributed by atoms with Crippen molar-refractivity contribution in [1.29, 1.82) is 0 Å². The van der Waals surface area contributed by atoms with Crippen molar-refractivity contribution < 1.29 is 60.2 Å². The number of ether oxygens (including phenoxy) is 3. The third-order valence-electron chi connectivity index (χ3n) is 5.20. The van der Waals surface area contributed by atoms with E-state index in [0.717, 1.165) is 0 Å². The smallest absolute Gasteiger partial charge is 0.248 e. The van der Waals surface area contributed by atoms with E-state index >= 15 is 0 Å². The van der Waals surface area contributed by atoms with Crippen molar-refractivity contribution >= 4 is 0 Å². The lowest BCUT2D eigenvalue weighted by Gasteiger charge is -2.52. The number of hydrogen-bond donors (Lipinski definition) is 9. The van der Waals surface area contributed by atoms with E-state index in [4.69, 9.17) is 14.2 Å². The van der Waals surface area contributed by atoms with Crippen LogP contribution in [-0.4, -0.2) is 120 Å². The summed E-state index contributed by atoms with van der Waals surface area (Å²) >= 11 is 0. The van der Waals surface area contributed by atoms with Crippen molar-refractivity contribution in [3.05, 3.63) is 0 Å². The first-order valence-electron chi connectivity index (χ1n) is 9.13. The Balaban J connectivity index is 2.22. The highest BCUT2D eigenvalue weighted by Crippen LogP contribution is 2.40. The van der Waals surface area contributed by atoms with E-state index in [1.54, 1.807) is 6.92 Å². The molecule has 28 heavy (non-hydrogen) atoms. The summed E-state index contributed by atoms with van der Waals surface area (Å²) in [6, 6.07) is 0. The number of aliphatic hydroxyl groups excluding tert-OH is 6. The normalized spacial score (nSPS) is 46.5. The summed E-state index contributed by atoms with van der Waals surface area (Å²) < 4.78 is 15.7. The Bertz CT molecular complexity index is 502. The van der Waals surface area contributed by atoms with Crippen molar-refractivity contribution in [2.45, 2.75) is 86.8 Å². The molecule has 2 saturated heterocycles. The van der Waals surface area contributed by atoms with Crippen LogP contribution in [0.25, 0.3) is 0 Å². The van der Waals surface area contributed by atoms with Crippen LogP contribution in [-0.2, 0) is 14.2 Å². The van der Waals surface area contributed by atoms with E-state index in [2.05, 4.69) is 0 Å². The number of aliphatic hydroxyl groups is 9. The van der Waals surface area contributed by atoms with Gasteiger partial charge in [0.2, 0.25) is 11.6 Å². The molecule has 0 aromatic heterocycles. The van der Waals surface area contributed by atoms with E-state index in [9.17, 15) is 46.0 Å². The Morgan fingerprint density at radius 1 is 0.893 bits per heavy atom. The second-order valence-electron chi connectivity index (χ2n) is 7.20. The molecular formula is C16H30O12. The maximum absolute atomic E-state index is 10.5. The monoisotopic (exact) mass is 414 g/mol. The lowest BCUT2D eigenvalue weighted by atomic mass is 9.86. The summed E-state index contributed by atoms with van der Waals surface area (Å²) in [5.41, 5.74) is 0. The van der Waals surface area contributed by atoms with E-state index < -0.39 is 73.8 Å². The topological polar surface area (TPSA) is 210 Å². The molecule has 2 aliphatic rings. The van der Waals surface area contributed by atoms with Crippen molar-refractivity contribution in [3.63, 3.8) is 0 Å². The van der Waals surface area contributed by atoms with Crippen LogP contribution in [0.5, 0.6) is 0 Å². The van der Waals surface area contributed by atoms with Gasteiger partial charge in [-0.25, -0.2) is 0 Å². The average molecular weight is 414 g/mol. The summed E-state index contributed by atoms with van der Waals surface area (Å²) in [6.45, 7) is 0.260. The van der Waals surface area contributed by atoms with E-state index in [1.165, 1.54) is 0 Å². The van der Waals surface area contributed by atoms with Gasteiger partial charge in [-0.05, 0) is 6.42 Å². The first-order chi connectivity index (χ1) is 13.0. The SMILES string of the molecule is CCCCC1(O)O[C@H](CO)[C@@H](O[C@@H]2O[C@H](CO)[C@H](O)[C@H](O)[C@H]2O)[C@H](O)C1(O)O. The molecular weight excluding hydrogens is 384 g/mol. The molecule has 9 atom stereocenters. The molecule has 0 amide bonds. The summed E-state index contributed by atoms with van der Waals surface area (Å²) in [6.07, 6.45) is -13.0. The van der Waals surface area contributed by atoms with Gasteiger partial charge in [0.1, 0.15) is 42.7 Å². The van der Waals surface area contributed by atoms with Crippen LogP contribution in [0.2, 0.25) is 0 Å². The molecule has 1 unspecified atom stereocenters. The first-order valence-corrected chi connectivity index (χ1v) is 9.13. The maximum atomic E-state index is 10.5. The Hall–Kier alpha value is -0.480. The zero-order valence-electron chi connectivity index (χ0n) is 15.4. The van der Waals surface area contributed by atoms with Gasteiger partial charge >= 0.3 is 0 Å². The van der Waals surface area contributed by atoms with Crippen LogP contribution in [0.15, 0.2) is 0 Å². The fourth-order valence-electron chi connectivity index (χ4n) is 3.36. The Morgan fingerprint density at radius 2 is 1.50 bits per heavy atom. The molecule has 0 radical (unpaired) electrons. The molecule has 0 aromatic rings. The van der Waals surface area contributed by atoms with Gasteiger partial charge in [0.05, 0.1) is 13.2 Å². The van der Waals surface area contributed by atoms with Crippen molar-refractivity contribution in [2.24, 2.45) is 0 Å². The summed E-state index contributed by atoms with van der Waals surface area (Å²) in [7, 11) is 0. The molecule has 2 rings (SSSR count). The van der Waals surface area contributed by atoms with Crippen LogP contribution < -0.4 is 0 Å². The first kappa shape index (κ1) is 23.8. The Kier molecular flexibility index (Phi) is 7.75. The molecule has 9 N–H and O–H groups in total. The second-order valence-corrected chi connectivity index (χ2v) is 7.20. The molecule has 0 aromatic carbocycles. The minimum Gasteiger partial charge on any atom is -0.394 e. The standard InChI is InChI=1S/C16H30O12/c1-2-3-4-15(23)16(24,25)13(22)12(8(6-18)28-15)27-14-11(21)10(20)9(19)7(5-17)26-14/h7-14,17-25H,2-6H2,1H3/t7-,8-,9+,10+,11-,12-,13+,14+,15?/m1/s1. The second kappa shape index (κ2) is 9.12. The van der Waals surface area contributed by atoms with Gasteiger partial charge in [0, 0.05) is 6.42 Å². The lowest BCUT2D eigenvalue weighted by Crippen LogP contribution is -2.74. The largest absolute Gasteiger partial charge is 0.394 e. The van der Waals surface area contributed by atoms with Gasteiger partial charge in [0.25, 0.3) is 0 Å². The number of rotatable bonds is 7. The van der Waals surface area contributed by atoms with Crippen LogP contribution in [0.3, 0.4) is 0 Å². The lowest BCUT2D eigenvalue weighted by molar-refractivity contribution is -0.461. The molecule has 12 nitrogen and oxygen atoms in total. The zero-order chi connectivity index (χ0) is 21.3. The minimum atomic E-state index is -3.19. The van der Waals surface area contributed by atoms with Gasteiger partial charge in [-0.1, -0.05) is 13.3 Å². The van der Waals surface area contributed by atoms with Gasteiger partial charge in [-0.2, -0.15) is 0 Å². The fraction of sp³-hybridized carbons (Fsp3) is 1.00. The third-order valence-corrected chi connectivity index (χ3v) is 5.20. The number of hydrogen-bond acceptors (Lipinski definition) is 12. The van der Waals surface area contributed by atoms with Crippen molar-refractivity contribution in [2.75, 3.05) is 13.2 Å². The van der Waals surface area contributed by atoms with Crippen LogP contribution >= 0.6 is 0 Å². The van der Waals surface area contributed by atoms with Crippen molar-refractivity contribution in [3.8, 4) is 0 Å². The summed E-state index contributed by atoms with van der Waals surface area (Å²) in [5.74, 6) is -5.78. The van der Waals surface area contributed by atoms with Gasteiger partial charge < -0.3 is 60.2 Å². The van der Waals surface area contributed by atoms with Gasteiger partial charge in [0.15, 0.2) is 6.29 Å².